The standard InChI is InChI=1S/C40H68N6O6/c1-11-27(4)35(45(8)38(49)34(26(2)3)43-39(50)40(6)20-16-21-44(40)7)32(51-9)24-33(47)46-22-15-19-31(46)36(52-10)28(5)37(48)42-30(25-41)23-29-17-13-12-14-18-29/h12-14,17-18,26-28,30-32,34-36H,11,15-16,19-25,41H2,1-10H3,(H,42,48)(H,43,50)/t27-,28+,30-,31-,32?,34-,35-,36?,40-/m0/s1. The van der Waals surface area contributed by atoms with Crippen molar-refractivity contribution in [2.24, 2.45) is 23.5 Å². The molecular formula is C40H68N6O6. The van der Waals surface area contributed by atoms with Gasteiger partial charge in [-0.1, -0.05) is 71.4 Å². The van der Waals surface area contributed by atoms with Crippen LogP contribution in [-0.2, 0) is 35.1 Å². The molecule has 52 heavy (non-hydrogen) atoms. The molecule has 2 unspecified atom stereocenters. The van der Waals surface area contributed by atoms with Crippen molar-refractivity contribution in [3.63, 3.8) is 0 Å². The van der Waals surface area contributed by atoms with Crippen LogP contribution >= 0.6 is 0 Å². The van der Waals surface area contributed by atoms with E-state index >= 15 is 0 Å². The van der Waals surface area contributed by atoms with Crippen LogP contribution in [0.1, 0.15) is 85.6 Å². The third-order valence-electron chi connectivity index (χ3n) is 11.9. The van der Waals surface area contributed by atoms with Crippen LogP contribution in [0.5, 0.6) is 0 Å². The van der Waals surface area contributed by atoms with E-state index in [1.165, 1.54) is 0 Å². The van der Waals surface area contributed by atoms with E-state index in [0.29, 0.717) is 25.9 Å². The Labute approximate surface area is 312 Å². The molecule has 294 valence electrons. The molecule has 12 heteroatoms. The smallest absolute Gasteiger partial charge is 0.245 e. The van der Waals surface area contributed by atoms with Crippen molar-refractivity contribution in [1.82, 2.24) is 25.3 Å². The second-order valence-corrected chi connectivity index (χ2v) is 15.7. The summed E-state index contributed by atoms with van der Waals surface area (Å²) in [6, 6.07) is 8.25. The summed E-state index contributed by atoms with van der Waals surface area (Å²) in [6.07, 6.45) is 3.49. The Bertz CT molecular complexity index is 1310. The maximum absolute atomic E-state index is 14.2. The van der Waals surface area contributed by atoms with Gasteiger partial charge in [0.05, 0.1) is 42.2 Å². The number of nitrogens with zero attached hydrogens (tertiary/aromatic N) is 3. The van der Waals surface area contributed by atoms with E-state index in [1.807, 2.05) is 70.0 Å². The minimum atomic E-state index is -0.729. The van der Waals surface area contributed by atoms with Crippen molar-refractivity contribution in [2.45, 2.75) is 128 Å². The lowest BCUT2D eigenvalue weighted by Gasteiger charge is -2.41. The molecule has 2 aliphatic heterocycles. The van der Waals surface area contributed by atoms with Gasteiger partial charge in [-0.25, -0.2) is 0 Å². The molecule has 12 nitrogen and oxygen atoms in total. The number of methoxy groups -OCH3 is 2. The first kappa shape index (κ1) is 43.3. The fraction of sp³-hybridized carbons (Fsp3) is 0.750. The molecule has 0 saturated carbocycles. The van der Waals surface area contributed by atoms with Crippen LogP contribution in [0.2, 0.25) is 0 Å². The van der Waals surface area contributed by atoms with Crippen molar-refractivity contribution in [1.29, 1.82) is 0 Å². The molecule has 2 fully saturated rings. The number of benzene rings is 1. The number of carbonyl (C=O) groups is 4. The number of hydrogen-bond acceptors (Lipinski definition) is 8. The summed E-state index contributed by atoms with van der Waals surface area (Å²) < 4.78 is 12.0. The number of likely N-dealkylation sites (tertiary alicyclic amines) is 2. The molecule has 4 N–H and O–H groups in total. The zero-order chi connectivity index (χ0) is 38.7. The molecule has 0 radical (unpaired) electrons. The van der Waals surface area contributed by atoms with E-state index in [1.54, 1.807) is 26.2 Å². The largest absolute Gasteiger partial charge is 0.379 e. The molecule has 0 spiro atoms. The lowest BCUT2D eigenvalue weighted by Crippen LogP contribution is -2.61. The number of amides is 4. The van der Waals surface area contributed by atoms with Crippen LogP contribution in [0.25, 0.3) is 0 Å². The van der Waals surface area contributed by atoms with E-state index in [-0.39, 0.29) is 54.0 Å². The predicted octanol–water partition coefficient (Wildman–Crippen LogP) is 3.22. The van der Waals surface area contributed by atoms with Crippen molar-refractivity contribution < 1.29 is 28.7 Å². The third-order valence-corrected chi connectivity index (χ3v) is 11.9. The number of rotatable bonds is 19. The summed E-state index contributed by atoms with van der Waals surface area (Å²) in [5.41, 5.74) is 6.48. The Kier molecular flexibility index (Phi) is 16.5. The Morgan fingerprint density at radius 2 is 1.69 bits per heavy atom. The lowest BCUT2D eigenvalue weighted by molar-refractivity contribution is -0.148. The molecule has 4 amide bonds. The summed E-state index contributed by atoms with van der Waals surface area (Å²) in [6.45, 7) is 13.5. The Morgan fingerprint density at radius 3 is 2.23 bits per heavy atom. The molecule has 0 aromatic heterocycles. The van der Waals surface area contributed by atoms with Gasteiger partial charge in [0.25, 0.3) is 0 Å². The number of nitrogens with two attached hydrogens (primary N) is 1. The van der Waals surface area contributed by atoms with Gasteiger partial charge in [-0.2, -0.15) is 0 Å². The molecule has 1 aromatic rings. The van der Waals surface area contributed by atoms with E-state index in [0.717, 1.165) is 37.8 Å². The second-order valence-electron chi connectivity index (χ2n) is 15.7. The van der Waals surface area contributed by atoms with Gasteiger partial charge in [-0.05, 0) is 70.0 Å². The minimum absolute atomic E-state index is 0.00453. The summed E-state index contributed by atoms with van der Waals surface area (Å²) in [4.78, 5) is 61.1. The fourth-order valence-electron chi connectivity index (χ4n) is 8.15. The average molecular weight is 729 g/mol. The molecule has 0 bridgehead atoms. The monoisotopic (exact) mass is 729 g/mol. The first-order valence-electron chi connectivity index (χ1n) is 19.3. The van der Waals surface area contributed by atoms with Crippen LogP contribution in [-0.4, -0.2) is 128 Å². The predicted molar refractivity (Wildman–Crippen MR) is 204 cm³/mol. The summed E-state index contributed by atoms with van der Waals surface area (Å²) >= 11 is 0. The molecule has 0 aliphatic carbocycles. The second kappa shape index (κ2) is 19.9. The maximum atomic E-state index is 14.2. The van der Waals surface area contributed by atoms with Crippen molar-refractivity contribution in [3.05, 3.63) is 35.9 Å². The van der Waals surface area contributed by atoms with Crippen LogP contribution in [0.3, 0.4) is 0 Å². The molecule has 2 heterocycles. The summed E-state index contributed by atoms with van der Waals surface area (Å²) in [5, 5.41) is 6.21. The highest BCUT2D eigenvalue weighted by Crippen LogP contribution is 2.31. The van der Waals surface area contributed by atoms with Gasteiger partial charge < -0.3 is 35.6 Å². The van der Waals surface area contributed by atoms with Crippen LogP contribution in [0.15, 0.2) is 30.3 Å². The van der Waals surface area contributed by atoms with E-state index in [4.69, 9.17) is 15.2 Å². The number of hydrogen-bond donors (Lipinski definition) is 3. The van der Waals surface area contributed by atoms with E-state index < -0.39 is 35.7 Å². The summed E-state index contributed by atoms with van der Waals surface area (Å²) in [5.74, 6) is -1.28. The molecule has 9 atom stereocenters. The van der Waals surface area contributed by atoms with Crippen molar-refractivity contribution >= 4 is 23.6 Å². The van der Waals surface area contributed by atoms with Crippen LogP contribution in [0, 0.1) is 17.8 Å². The normalized spacial score (nSPS) is 23.4. The zero-order valence-electron chi connectivity index (χ0n) is 33.5. The third kappa shape index (κ3) is 10.3. The van der Waals surface area contributed by atoms with Gasteiger partial charge in [0.2, 0.25) is 23.6 Å². The van der Waals surface area contributed by atoms with Gasteiger partial charge in [0, 0.05) is 40.4 Å². The first-order valence-corrected chi connectivity index (χ1v) is 19.3. The van der Waals surface area contributed by atoms with Gasteiger partial charge in [0.1, 0.15) is 6.04 Å². The van der Waals surface area contributed by atoms with Crippen molar-refractivity contribution in [2.75, 3.05) is 47.9 Å². The van der Waals surface area contributed by atoms with E-state index in [9.17, 15) is 19.2 Å². The zero-order valence-corrected chi connectivity index (χ0v) is 33.5. The SMILES string of the molecule is CC[C@H](C)[C@@H](C(CC(=O)N1CCC[C@H]1C(OC)[C@@H](C)C(=O)N[C@H](CN)Cc1ccccc1)OC)N(C)C(=O)[C@@H](NC(=O)[C@]1(C)CCCN1C)C(C)C. The molecule has 3 rings (SSSR count). The van der Waals surface area contributed by atoms with Gasteiger partial charge in [-0.3, -0.25) is 24.1 Å². The minimum Gasteiger partial charge on any atom is -0.379 e. The number of ether oxygens (including phenoxy) is 2. The molecule has 1 aromatic carbocycles. The fourth-order valence-corrected chi connectivity index (χ4v) is 8.15. The first-order chi connectivity index (χ1) is 24.6. The number of carbonyl (C=O) groups excluding carboxylic acids is 4. The maximum Gasteiger partial charge on any atom is 0.245 e. The lowest BCUT2D eigenvalue weighted by atomic mass is 9.89. The Balaban J connectivity index is 1.75. The van der Waals surface area contributed by atoms with Crippen LogP contribution in [0.4, 0.5) is 0 Å². The highest BCUT2D eigenvalue weighted by Gasteiger charge is 2.45. The average Bonchev–Trinajstić information content (AvgIpc) is 3.76. The highest BCUT2D eigenvalue weighted by molar-refractivity contribution is 5.92. The quantitative estimate of drug-likeness (QED) is 0.197. The van der Waals surface area contributed by atoms with E-state index in [2.05, 4.69) is 29.4 Å². The molecule has 2 aliphatic rings. The van der Waals surface area contributed by atoms with Gasteiger partial charge in [0.15, 0.2) is 0 Å². The topological polar surface area (TPSA) is 147 Å². The summed E-state index contributed by atoms with van der Waals surface area (Å²) in [7, 11) is 6.88. The Morgan fingerprint density at radius 1 is 1.02 bits per heavy atom. The molecule has 2 saturated heterocycles. The highest BCUT2D eigenvalue weighted by atomic mass is 16.5. The molecular weight excluding hydrogens is 660 g/mol. The number of likely N-dealkylation sites (N-methyl/N-ethyl adjacent to an activating group) is 2. The van der Waals surface area contributed by atoms with Crippen LogP contribution < -0.4 is 16.4 Å². The number of nitrogens with one attached hydrogen (secondary N) is 2. The Hall–Kier alpha value is -3.06. The van der Waals surface area contributed by atoms with Crippen molar-refractivity contribution in [3.8, 4) is 0 Å². The van der Waals surface area contributed by atoms with Gasteiger partial charge in [-0.15, -0.1) is 0 Å². The van der Waals surface area contributed by atoms with Gasteiger partial charge >= 0.3 is 0 Å².